The Morgan fingerprint density at radius 1 is 1.17 bits per heavy atom. The smallest absolute Gasteiger partial charge is 0.246 e. The van der Waals surface area contributed by atoms with Gasteiger partial charge >= 0.3 is 0 Å². The Hall–Kier alpha value is -1.37. The minimum atomic E-state index is -2.86. The van der Waals surface area contributed by atoms with Gasteiger partial charge in [-0.3, -0.25) is 9.69 Å². The second-order valence-corrected chi connectivity index (χ2v) is 8.91. The molecule has 2 aliphatic rings. The second kappa shape index (κ2) is 7.25. The number of benzene rings is 1. The highest BCUT2D eigenvalue weighted by atomic mass is 35.5. The first-order chi connectivity index (χ1) is 11.4. The van der Waals surface area contributed by atoms with Gasteiger partial charge in [0.1, 0.15) is 0 Å². The SMILES string of the molecule is O=C(/C=C/c1ccccc1Cl)N1CCN([C@@H]2CCS(=O)(=O)C2)CC1. The maximum absolute atomic E-state index is 12.3. The molecule has 0 spiro atoms. The molecule has 0 aromatic heterocycles. The molecule has 0 bridgehead atoms. The van der Waals surface area contributed by atoms with Crippen LogP contribution in [0.5, 0.6) is 0 Å². The van der Waals surface area contributed by atoms with Crippen molar-refractivity contribution in [3.05, 3.63) is 40.9 Å². The summed E-state index contributed by atoms with van der Waals surface area (Å²) in [5.74, 6) is 0.513. The number of rotatable bonds is 3. The zero-order valence-corrected chi connectivity index (χ0v) is 15.0. The van der Waals surface area contributed by atoms with Gasteiger partial charge < -0.3 is 4.90 Å². The van der Waals surface area contributed by atoms with Gasteiger partial charge in [-0.15, -0.1) is 0 Å². The number of carbonyl (C=O) groups is 1. The third kappa shape index (κ3) is 4.18. The van der Waals surface area contributed by atoms with Gasteiger partial charge in [0, 0.05) is 43.3 Å². The topological polar surface area (TPSA) is 57.7 Å². The summed E-state index contributed by atoms with van der Waals surface area (Å²) < 4.78 is 23.2. The minimum Gasteiger partial charge on any atom is -0.337 e. The molecule has 1 amide bonds. The molecule has 5 nitrogen and oxygen atoms in total. The highest BCUT2D eigenvalue weighted by molar-refractivity contribution is 7.91. The lowest BCUT2D eigenvalue weighted by Gasteiger charge is -2.37. The predicted molar refractivity (Wildman–Crippen MR) is 95.7 cm³/mol. The summed E-state index contributed by atoms with van der Waals surface area (Å²) in [6.07, 6.45) is 4.00. The Morgan fingerprint density at radius 2 is 1.88 bits per heavy atom. The van der Waals surface area contributed by atoms with Crippen molar-refractivity contribution in [1.82, 2.24) is 9.80 Å². The Bertz CT molecular complexity index is 740. The van der Waals surface area contributed by atoms with Crippen molar-refractivity contribution in [2.24, 2.45) is 0 Å². The van der Waals surface area contributed by atoms with E-state index in [9.17, 15) is 13.2 Å². The molecule has 2 aliphatic heterocycles. The van der Waals surface area contributed by atoms with E-state index in [1.807, 2.05) is 18.2 Å². The minimum absolute atomic E-state index is 0.0337. The van der Waals surface area contributed by atoms with Crippen molar-refractivity contribution < 1.29 is 13.2 Å². The fraction of sp³-hybridized carbons (Fsp3) is 0.471. The number of nitrogens with zero attached hydrogens (tertiary/aromatic N) is 2. The van der Waals surface area contributed by atoms with E-state index in [1.54, 1.807) is 23.1 Å². The zero-order chi connectivity index (χ0) is 17.2. The highest BCUT2D eigenvalue weighted by Gasteiger charge is 2.34. The van der Waals surface area contributed by atoms with Gasteiger partial charge in [-0.2, -0.15) is 0 Å². The Kier molecular flexibility index (Phi) is 5.27. The van der Waals surface area contributed by atoms with E-state index >= 15 is 0 Å². The third-order valence-corrected chi connectivity index (χ3v) is 6.76. The molecule has 0 aliphatic carbocycles. The second-order valence-electron chi connectivity index (χ2n) is 6.27. The molecular formula is C17H21ClN2O3S. The van der Waals surface area contributed by atoms with E-state index in [2.05, 4.69) is 4.90 Å². The molecule has 0 saturated carbocycles. The van der Waals surface area contributed by atoms with E-state index in [4.69, 9.17) is 11.6 Å². The fourth-order valence-corrected chi connectivity index (χ4v) is 5.21. The molecular weight excluding hydrogens is 348 g/mol. The summed E-state index contributed by atoms with van der Waals surface area (Å²) in [5.41, 5.74) is 0.822. The number of hydrogen-bond acceptors (Lipinski definition) is 4. The van der Waals surface area contributed by atoms with Gasteiger partial charge in [-0.05, 0) is 24.1 Å². The average molecular weight is 369 g/mol. The third-order valence-electron chi connectivity index (χ3n) is 4.66. The van der Waals surface area contributed by atoms with Crippen LogP contribution in [0.4, 0.5) is 0 Å². The molecule has 24 heavy (non-hydrogen) atoms. The van der Waals surface area contributed by atoms with Crippen molar-refractivity contribution in [3.8, 4) is 0 Å². The van der Waals surface area contributed by atoms with E-state index in [-0.39, 0.29) is 23.5 Å². The standard InChI is InChI=1S/C17H21ClN2O3S/c18-16-4-2-1-3-14(16)5-6-17(21)20-10-8-19(9-11-20)15-7-12-24(22,23)13-15/h1-6,15H,7-13H2/b6-5+/t15-/m1/s1. The first-order valence-electron chi connectivity index (χ1n) is 8.11. The van der Waals surface area contributed by atoms with Gasteiger partial charge in [-0.25, -0.2) is 8.42 Å². The van der Waals surface area contributed by atoms with Crippen LogP contribution in [0.25, 0.3) is 6.08 Å². The van der Waals surface area contributed by atoms with Gasteiger partial charge in [0.15, 0.2) is 9.84 Å². The molecule has 1 atom stereocenters. The normalized spacial score (nSPS) is 24.5. The lowest BCUT2D eigenvalue weighted by Crippen LogP contribution is -2.52. The number of sulfone groups is 1. The predicted octanol–water partition coefficient (Wildman–Crippen LogP) is 1.68. The van der Waals surface area contributed by atoms with Crippen LogP contribution in [0.1, 0.15) is 12.0 Å². The molecule has 0 N–H and O–H groups in total. The van der Waals surface area contributed by atoms with Crippen LogP contribution >= 0.6 is 11.6 Å². The molecule has 2 heterocycles. The van der Waals surface area contributed by atoms with Crippen molar-refractivity contribution in [2.45, 2.75) is 12.5 Å². The molecule has 0 unspecified atom stereocenters. The number of halogens is 1. The Balaban J connectivity index is 1.53. The molecule has 3 rings (SSSR count). The molecule has 2 saturated heterocycles. The first kappa shape index (κ1) is 17.5. The van der Waals surface area contributed by atoms with Crippen molar-refractivity contribution >= 4 is 33.4 Å². The van der Waals surface area contributed by atoms with Gasteiger partial charge in [0.05, 0.1) is 11.5 Å². The summed E-state index contributed by atoms with van der Waals surface area (Å²) in [4.78, 5) is 16.3. The number of carbonyl (C=O) groups excluding carboxylic acids is 1. The number of hydrogen-bond donors (Lipinski definition) is 0. The largest absolute Gasteiger partial charge is 0.337 e. The van der Waals surface area contributed by atoms with Crippen LogP contribution in [0.3, 0.4) is 0 Å². The average Bonchev–Trinajstić information content (AvgIpc) is 2.94. The van der Waals surface area contributed by atoms with Gasteiger partial charge in [0.2, 0.25) is 5.91 Å². The van der Waals surface area contributed by atoms with E-state index < -0.39 is 9.84 Å². The van der Waals surface area contributed by atoms with E-state index in [0.717, 1.165) is 18.7 Å². The summed E-state index contributed by atoms with van der Waals surface area (Å²) in [7, 11) is -2.86. The van der Waals surface area contributed by atoms with Crippen LogP contribution in [-0.2, 0) is 14.6 Å². The summed E-state index contributed by atoms with van der Waals surface area (Å²) in [6.45, 7) is 2.71. The summed E-state index contributed by atoms with van der Waals surface area (Å²) in [5, 5.41) is 0.619. The van der Waals surface area contributed by atoms with Crippen molar-refractivity contribution in [3.63, 3.8) is 0 Å². The number of piperazine rings is 1. The van der Waals surface area contributed by atoms with Crippen LogP contribution < -0.4 is 0 Å². The molecule has 1 aromatic rings. The van der Waals surface area contributed by atoms with Crippen molar-refractivity contribution in [2.75, 3.05) is 37.7 Å². The molecule has 7 heteroatoms. The molecule has 2 fully saturated rings. The Labute approximate surface area is 147 Å². The van der Waals surface area contributed by atoms with Crippen LogP contribution in [-0.4, -0.2) is 67.9 Å². The maximum Gasteiger partial charge on any atom is 0.246 e. The molecule has 1 aromatic carbocycles. The lowest BCUT2D eigenvalue weighted by atomic mass is 10.2. The molecule has 0 radical (unpaired) electrons. The van der Waals surface area contributed by atoms with E-state index in [0.29, 0.717) is 24.5 Å². The van der Waals surface area contributed by atoms with Crippen LogP contribution in [0.15, 0.2) is 30.3 Å². The number of amides is 1. The van der Waals surface area contributed by atoms with Crippen LogP contribution in [0.2, 0.25) is 5.02 Å². The van der Waals surface area contributed by atoms with E-state index in [1.165, 1.54) is 0 Å². The summed E-state index contributed by atoms with van der Waals surface area (Å²) >= 11 is 6.08. The highest BCUT2D eigenvalue weighted by Crippen LogP contribution is 2.20. The van der Waals surface area contributed by atoms with Crippen molar-refractivity contribution in [1.29, 1.82) is 0 Å². The maximum atomic E-state index is 12.3. The first-order valence-corrected chi connectivity index (χ1v) is 10.3. The van der Waals surface area contributed by atoms with Gasteiger partial charge in [0.25, 0.3) is 0 Å². The Morgan fingerprint density at radius 3 is 2.50 bits per heavy atom. The zero-order valence-electron chi connectivity index (χ0n) is 13.4. The molecule has 130 valence electrons. The fourth-order valence-electron chi connectivity index (χ4n) is 3.25. The quantitative estimate of drug-likeness (QED) is 0.762. The van der Waals surface area contributed by atoms with Gasteiger partial charge in [-0.1, -0.05) is 29.8 Å². The lowest BCUT2D eigenvalue weighted by molar-refractivity contribution is -0.127. The summed E-state index contributed by atoms with van der Waals surface area (Å²) in [6, 6.07) is 7.50. The monoisotopic (exact) mass is 368 g/mol. The van der Waals surface area contributed by atoms with Crippen LogP contribution in [0, 0.1) is 0 Å².